The highest BCUT2D eigenvalue weighted by Crippen LogP contribution is 2.22. The van der Waals surface area contributed by atoms with E-state index in [2.05, 4.69) is 30.8 Å². The molecule has 14 heavy (non-hydrogen) atoms. The molecule has 0 aromatic heterocycles. The number of likely N-dealkylation sites (N-methyl/N-ethyl adjacent to an activating group) is 2. The lowest BCUT2D eigenvalue weighted by Gasteiger charge is -2.34. The van der Waals surface area contributed by atoms with Gasteiger partial charge >= 0.3 is 0 Å². The molecule has 0 bridgehead atoms. The van der Waals surface area contributed by atoms with Crippen LogP contribution in [0.4, 0.5) is 0 Å². The Hall–Kier alpha value is -0.0800. The maximum Gasteiger partial charge on any atom is 0.0112 e. The van der Waals surface area contributed by atoms with Crippen LogP contribution in [0.2, 0.25) is 0 Å². The minimum atomic E-state index is 0.883. The van der Waals surface area contributed by atoms with Gasteiger partial charge in [0.1, 0.15) is 0 Å². The minimum Gasteiger partial charge on any atom is -0.308 e. The van der Waals surface area contributed by atoms with Crippen LogP contribution < -0.4 is 0 Å². The first-order valence-corrected chi connectivity index (χ1v) is 6.12. The maximum absolute atomic E-state index is 2.67. The highest BCUT2D eigenvalue weighted by Gasteiger charge is 2.19. The van der Waals surface area contributed by atoms with Gasteiger partial charge in [-0.3, -0.25) is 4.90 Å². The summed E-state index contributed by atoms with van der Waals surface area (Å²) >= 11 is 0. The second kappa shape index (κ2) is 6.41. The van der Waals surface area contributed by atoms with Gasteiger partial charge in [-0.15, -0.1) is 0 Å². The molecule has 0 saturated heterocycles. The summed E-state index contributed by atoms with van der Waals surface area (Å²) in [6.07, 6.45) is 7.22. The third kappa shape index (κ3) is 3.97. The van der Waals surface area contributed by atoms with Gasteiger partial charge in [-0.1, -0.05) is 26.2 Å². The molecule has 0 spiro atoms. The van der Waals surface area contributed by atoms with Crippen molar-refractivity contribution in [2.45, 2.75) is 45.1 Å². The SMILES string of the molecule is CCN(CCN(C)C)C1CCCCC1. The molecule has 0 N–H and O–H groups in total. The van der Waals surface area contributed by atoms with Crippen molar-refractivity contribution >= 4 is 0 Å². The lowest BCUT2D eigenvalue weighted by atomic mass is 9.94. The Kier molecular flexibility index (Phi) is 5.49. The zero-order chi connectivity index (χ0) is 10.4. The first-order valence-electron chi connectivity index (χ1n) is 6.12. The van der Waals surface area contributed by atoms with E-state index in [0.717, 1.165) is 6.04 Å². The fourth-order valence-corrected chi connectivity index (χ4v) is 2.37. The molecule has 1 aliphatic rings. The van der Waals surface area contributed by atoms with Crippen molar-refractivity contribution in [1.82, 2.24) is 9.80 Å². The van der Waals surface area contributed by atoms with Crippen LogP contribution in [0.25, 0.3) is 0 Å². The van der Waals surface area contributed by atoms with E-state index in [1.54, 1.807) is 0 Å². The Morgan fingerprint density at radius 1 is 1.00 bits per heavy atom. The van der Waals surface area contributed by atoms with E-state index >= 15 is 0 Å². The van der Waals surface area contributed by atoms with Crippen molar-refractivity contribution in [3.63, 3.8) is 0 Å². The molecule has 0 radical (unpaired) electrons. The van der Waals surface area contributed by atoms with Crippen molar-refractivity contribution in [1.29, 1.82) is 0 Å². The molecule has 0 aromatic carbocycles. The molecular weight excluding hydrogens is 172 g/mol. The van der Waals surface area contributed by atoms with E-state index in [9.17, 15) is 0 Å². The lowest BCUT2D eigenvalue weighted by molar-refractivity contribution is 0.151. The minimum absolute atomic E-state index is 0.883. The van der Waals surface area contributed by atoms with Crippen LogP contribution >= 0.6 is 0 Å². The van der Waals surface area contributed by atoms with E-state index in [4.69, 9.17) is 0 Å². The van der Waals surface area contributed by atoms with Gasteiger partial charge in [0.2, 0.25) is 0 Å². The van der Waals surface area contributed by atoms with Crippen LogP contribution in [0.15, 0.2) is 0 Å². The molecule has 84 valence electrons. The summed E-state index contributed by atoms with van der Waals surface area (Å²) in [5.41, 5.74) is 0. The van der Waals surface area contributed by atoms with E-state index < -0.39 is 0 Å². The number of nitrogens with zero attached hydrogens (tertiary/aromatic N) is 2. The fourth-order valence-electron chi connectivity index (χ4n) is 2.37. The molecule has 1 aliphatic carbocycles. The Morgan fingerprint density at radius 3 is 2.14 bits per heavy atom. The molecule has 2 nitrogen and oxygen atoms in total. The average molecular weight is 198 g/mol. The van der Waals surface area contributed by atoms with Crippen LogP contribution in [0, 0.1) is 0 Å². The van der Waals surface area contributed by atoms with Crippen LogP contribution in [-0.2, 0) is 0 Å². The van der Waals surface area contributed by atoms with Crippen molar-refractivity contribution in [2.75, 3.05) is 33.7 Å². The van der Waals surface area contributed by atoms with Gasteiger partial charge < -0.3 is 4.90 Å². The van der Waals surface area contributed by atoms with Crippen molar-refractivity contribution in [2.24, 2.45) is 0 Å². The summed E-state index contributed by atoms with van der Waals surface area (Å²) in [5, 5.41) is 0. The van der Waals surface area contributed by atoms with Crippen LogP contribution in [0.5, 0.6) is 0 Å². The molecule has 1 rings (SSSR count). The summed E-state index contributed by atoms with van der Waals surface area (Å²) in [4.78, 5) is 4.95. The smallest absolute Gasteiger partial charge is 0.0112 e. The van der Waals surface area contributed by atoms with Crippen LogP contribution in [0.1, 0.15) is 39.0 Å². The lowest BCUT2D eigenvalue weighted by Crippen LogP contribution is -2.40. The Bertz CT molecular complexity index is 139. The summed E-state index contributed by atoms with van der Waals surface area (Å²) in [7, 11) is 4.32. The van der Waals surface area contributed by atoms with Gasteiger partial charge in [0.15, 0.2) is 0 Å². The normalized spacial score (nSPS) is 19.5. The van der Waals surface area contributed by atoms with Gasteiger partial charge in [0, 0.05) is 19.1 Å². The first kappa shape index (κ1) is 12.0. The van der Waals surface area contributed by atoms with Crippen molar-refractivity contribution < 1.29 is 0 Å². The van der Waals surface area contributed by atoms with E-state index in [1.165, 1.54) is 51.7 Å². The third-order valence-electron chi connectivity index (χ3n) is 3.33. The zero-order valence-electron chi connectivity index (χ0n) is 10.1. The second-order valence-electron chi connectivity index (χ2n) is 4.72. The zero-order valence-corrected chi connectivity index (χ0v) is 10.1. The molecule has 0 unspecified atom stereocenters. The molecule has 1 saturated carbocycles. The van der Waals surface area contributed by atoms with Gasteiger partial charge in [-0.25, -0.2) is 0 Å². The largest absolute Gasteiger partial charge is 0.308 e. The summed E-state index contributed by atoms with van der Waals surface area (Å²) in [5.74, 6) is 0. The third-order valence-corrected chi connectivity index (χ3v) is 3.33. The van der Waals surface area contributed by atoms with Crippen LogP contribution in [0.3, 0.4) is 0 Å². The molecule has 0 amide bonds. The van der Waals surface area contributed by atoms with Crippen molar-refractivity contribution in [3.8, 4) is 0 Å². The monoisotopic (exact) mass is 198 g/mol. The van der Waals surface area contributed by atoms with E-state index in [0.29, 0.717) is 0 Å². The van der Waals surface area contributed by atoms with Gasteiger partial charge in [-0.2, -0.15) is 0 Å². The Morgan fingerprint density at radius 2 is 1.64 bits per heavy atom. The molecule has 1 fully saturated rings. The molecule has 2 heteroatoms. The van der Waals surface area contributed by atoms with Crippen molar-refractivity contribution in [3.05, 3.63) is 0 Å². The Labute approximate surface area is 89.3 Å². The topological polar surface area (TPSA) is 6.48 Å². The van der Waals surface area contributed by atoms with Crippen LogP contribution in [-0.4, -0.2) is 49.6 Å². The highest BCUT2D eigenvalue weighted by molar-refractivity contribution is 4.75. The number of rotatable bonds is 5. The molecule has 0 heterocycles. The standard InChI is InChI=1S/C12H26N2/c1-4-14(11-10-13(2)3)12-8-6-5-7-9-12/h12H,4-11H2,1-3H3. The maximum atomic E-state index is 2.67. The van der Waals surface area contributed by atoms with Gasteiger partial charge in [0.05, 0.1) is 0 Å². The van der Waals surface area contributed by atoms with E-state index in [1.807, 2.05) is 0 Å². The van der Waals surface area contributed by atoms with Gasteiger partial charge in [0.25, 0.3) is 0 Å². The Balaban J connectivity index is 2.28. The average Bonchev–Trinajstić information content (AvgIpc) is 2.20. The molecular formula is C12H26N2. The number of hydrogen-bond acceptors (Lipinski definition) is 2. The fraction of sp³-hybridized carbons (Fsp3) is 1.00. The summed E-state index contributed by atoms with van der Waals surface area (Å²) in [6, 6.07) is 0.883. The second-order valence-corrected chi connectivity index (χ2v) is 4.72. The summed E-state index contributed by atoms with van der Waals surface area (Å²) < 4.78 is 0. The molecule has 0 aromatic rings. The highest BCUT2D eigenvalue weighted by atomic mass is 15.2. The number of hydrogen-bond donors (Lipinski definition) is 0. The molecule has 0 atom stereocenters. The summed E-state index contributed by atoms with van der Waals surface area (Å²) in [6.45, 7) is 5.96. The predicted octanol–water partition coefficient (Wildman–Crippen LogP) is 2.20. The van der Waals surface area contributed by atoms with E-state index in [-0.39, 0.29) is 0 Å². The predicted molar refractivity (Wildman–Crippen MR) is 62.7 cm³/mol. The quantitative estimate of drug-likeness (QED) is 0.668. The first-order chi connectivity index (χ1) is 6.74. The molecule has 0 aliphatic heterocycles. The van der Waals surface area contributed by atoms with Gasteiger partial charge in [-0.05, 0) is 33.5 Å².